The molecule has 3 N–H and O–H groups in total. The number of nitrogens with one attached hydrogen (secondary N) is 1. The van der Waals surface area contributed by atoms with Crippen molar-refractivity contribution in [2.75, 3.05) is 27.0 Å². The lowest BCUT2D eigenvalue weighted by molar-refractivity contribution is -0.730. The van der Waals surface area contributed by atoms with E-state index in [-0.39, 0.29) is 23.7 Å². The molecule has 3 aromatic rings. The van der Waals surface area contributed by atoms with Gasteiger partial charge in [-0.3, -0.25) is 0 Å². The third-order valence-corrected chi connectivity index (χ3v) is 5.75. The van der Waals surface area contributed by atoms with Gasteiger partial charge in [-0.25, -0.2) is 19.0 Å². The Kier molecular flexibility index (Phi) is 8.68. The van der Waals surface area contributed by atoms with Gasteiger partial charge in [0.1, 0.15) is 28.8 Å². The predicted octanol–water partition coefficient (Wildman–Crippen LogP) is 3.92. The summed E-state index contributed by atoms with van der Waals surface area (Å²) in [6, 6.07) is 5.47. The summed E-state index contributed by atoms with van der Waals surface area (Å²) in [4.78, 5) is 30.6. The number of nitrogen functional groups attached to an aromatic ring is 1. The minimum absolute atomic E-state index is 0.0412. The number of aromatic nitrogens is 3. The number of hydrogen-bond acceptors (Lipinski definition) is 8. The van der Waals surface area contributed by atoms with E-state index < -0.39 is 29.6 Å². The SMILES string of the molecule is COC(=O)c1cc(F)ccc1C(C)Oc1cc(-c2c(CN(C)C(=O)OC(C)(C)C)[nH][n+](C)c2OC)cnc1N. The van der Waals surface area contributed by atoms with Gasteiger partial charge in [0.05, 0.1) is 26.3 Å². The number of H-pyrrole nitrogens is 1. The Morgan fingerprint density at radius 2 is 1.92 bits per heavy atom. The summed E-state index contributed by atoms with van der Waals surface area (Å²) < 4.78 is 37.5. The Morgan fingerprint density at radius 1 is 1.23 bits per heavy atom. The zero-order valence-electron chi connectivity index (χ0n) is 23.4. The molecule has 3 rings (SSSR count). The molecule has 0 bridgehead atoms. The molecule has 0 fully saturated rings. The molecule has 210 valence electrons. The number of nitrogens with zero attached hydrogens (tertiary/aromatic N) is 3. The normalized spacial score (nSPS) is 12.0. The van der Waals surface area contributed by atoms with Crippen molar-refractivity contribution in [3.05, 3.63) is 53.1 Å². The van der Waals surface area contributed by atoms with Crippen molar-refractivity contribution in [1.82, 2.24) is 15.0 Å². The lowest BCUT2D eigenvalue weighted by Crippen LogP contribution is -2.35. The Morgan fingerprint density at radius 3 is 2.54 bits per heavy atom. The Bertz CT molecular complexity index is 1370. The average Bonchev–Trinajstić information content (AvgIpc) is 3.17. The number of methoxy groups -OCH3 is 2. The number of aryl methyl sites for hydroxylation is 1. The maximum atomic E-state index is 13.8. The molecule has 0 saturated heterocycles. The van der Waals surface area contributed by atoms with Gasteiger partial charge in [0, 0.05) is 24.4 Å². The topological polar surface area (TPSA) is 133 Å². The van der Waals surface area contributed by atoms with Gasteiger partial charge in [0.15, 0.2) is 18.6 Å². The summed E-state index contributed by atoms with van der Waals surface area (Å²) in [5, 5.41) is 3.20. The highest BCUT2D eigenvalue weighted by Gasteiger charge is 2.29. The van der Waals surface area contributed by atoms with Crippen LogP contribution in [-0.2, 0) is 23.1 Å². The van der Waals surface area contributed by atoms with E-state index in [1.165, 1.54) is 31.3 Å². The van der Waals surface area contributed by atoms with Crippen LogP contribution in [0.1, 0.15) is 55.4 Å². The number of nitrogens with two attached hydrogens (primary N) is 1. The second-order valence-electron chi connectivity index (χ2n) is 9.96. The second-order valence-corrected chi connectivity index (χ2v) is 9.96. The highest BCUT2D eigenvalue weighted by molar-refractivity contribution is 5.91. The van der Waals surface area contributed by atoms with Gasteiger partial charge in [-0.2, -0.15) is 5.10 Å². The molecule has 2 aromatic heterocycles. The lowest BCUT2D eigenvalue weighted by atomic mass is 10.0. The number of hydrogen-bond donors (Lipinski definition) is 2. The molecule has 1 unspecified atom stereocenters. The van der Waals surface area contributed by atoms with Crippen LogP contribution in [0.3, 0.4) is 0 Å². The standard InChI is InChI=1S/C27H34FN5O6/c1-15(18-10-9-17(28)12-19(18)25(34)37-8)38-21-11-16(13-30-23(21)29)22-20(31-33(6)24(22)36-7)14-32(5)26(35)39-27(2,3)4/h9-13,15H,14H2,1-8H3,(H2,29,30)/p+1. The Hall–Kier alpha value is -4.35. The van der Waals surface area contributed by atoms with Crippen LogP contribution in [-0.4, -0.2) is 53.9 Å². The smallest absolute Gasteiger partial charge is 0.410 e. The average molecular weight is 545 g/mol. The number of esters is 1. The third kappa shape index (κ3) is 6.75. The van der Waals surface area contributed by atoms with E-state index in [1.807, 2.05) is 0 Å². The van der Waals surface area contributed by atoms with E-state index in [0.29, 0.717) is 28.3 Å². The number of carbonyl (C=O) groups excluding carboxylic acids is 2. The summed E-state index contributed by atoms with van der Waals surface area (Å²) in [6.45, 7) is 7.26. The van der Waals surface area contributed by atoms with E-state index in [9.17, 15) is 14.0 Å². The molecular formula is C27H35FN5O6+. The van der Waals surface area contributed by atoms with E-state index in [2.05, 4.69) is 10.1 Å². The molecule has 1 atom stereocenters. The van der Waals surface area contributed by atoms with Gasteiger partial charge in [-0.05, 0) is 45.9 Å². The zero-order valence-corrected chi connectivity index (χ0v) is 23.4. The number of rotatable bonds is 8. The van der Waals surface area contributed by atoms with Crippen molar-refractivity contribution in [2.45, 2.75) is 45.9 Å². The number of aromatic amines is 1. The third-order valence-electron chi connectivity index (χ3n) is 5.75. The van der Waals surface area contributed by atoms with Crippen molar-refractivity contribution in [3.8, 4) is 22.8 Å². The minimum atomic E-state index is -0.707. The molecule has 0 radical (unpaired) electrons. The van der Waals surface area contributed by atoms with Crippen LogP contribution < -0.4 is 19.9 Å². The maximum Gasteiger partial charge on any atom is 0.410 e. The van der Waals surface area contributed by atoms with Crippen LogP contribution in [0.2, 0.25) is 0 Å². The van der Waals surface area contributed by atoms with E-state index in [0.717, 1.165) is 6.07 Å². The fourth-order valence-electron chi connectivity index (χ4n) is 4.01. The maximum absolute atomic E-state index is 13.8. The van der Waals surface area contributed by atoms with Crippen molar-refractivity contribution >= 4 is 17.9 Å². The van der Waals surface area contributed by atoms with Gasteiger partial charge >= 0.3 is 17.9 Å². The number of anilines is 1. The summed E-state index contributed by atoms with van der Waals surface area (Å²) in [6.07, 6.45) is 0.368. The number of pyridine rings is 1. The Labute approximate surface area is 226 Å². The molecule has 0 aliphatic rings. The molecule has 0 aliphatic heterocycles. The van der Waals surface area contributed by atoms with E-state index >= 15 is 0 Å². The van der Waals surface area contributed by atoms with Gasteiger partial charge in [-0.15, -0.1) is 0 Å². The summed E-state index contributed by atoms with van der Waals surface area (Å²) in [5.74, 6) is -0.440. The fraction of sp³-hybridized carbons (Fsp3) is 0.407. The second kappa shape index (κ2) is 11.6. The largest absolute Gasteiger partial charge is 0.482 e. The zero-order chi connectivity index (χ0) is 29.1. The van der Waals surface area contributed by atoms with Crippen LogP contribution in [0, 0.1) is 5.82 Å². The highest BCUT2D eigenvalue weighted by Crippen LogP contribution is 2.36. The molecule has 0 spiro atoms. The van der Waals surface area contributed by atoms with Crippen molar-refractivity contribution in [2.24, 2.45) is 7.05 Å². The van der Waals surface area contributed by atoms with Crippen LogP contribution in [0.25, 0.3) is 11.1 Å². The van der Waals surface area contributed by atoms with Crippen LogP contribution in [0.4, 0.5) is 15.0 Å². The molecule has 0 aliphatic carbocycles. The minimum Gasteiger partial charge on any atom is -0.482 e. The van der Waals surface area contributed by atoms with E-state index in [4.69, 9.17) is 24.7 Å². The lowest BCUT2D eigenvalue weighted by Gasteiger charge is -2.24. The Balaban J connectivity index is 1.98. The molecule has 1 aromatic carbocycles. The number of benzene rings is 1. The van der Waals surface area contributed by atoms with Crippen LogP contribution in [0.15, 0.2) is 30.5 Å². The van der Waals surface area contributed by atoms with Gasteiger partial charge in [0.25, 0.3) is 0 Å². The van der Waals surface area contributed by atoms with Crippen LogP contribution in [0.5, 0.6) is 11.6 Å². The molecule has 1 amide bonds. The van der Waals surface area contributed by atoms with Crippen molar-refractivity contribution < 1.29 is 37.6 Å². The number of halogens is 1. The summed E-state index contributed by atoms with van der Waals surface area (Å²) in [5.41, 5.74) is 7.83. The summed E-state index contributed by atoms with van der Waals surface area (Å²) in [7, 11) is 6.15. The monoisotopic (exact) mass is 544 g/mol. The fourth-order valence-corrected chi connectivity index (χ4v) is 4.01. The van der Waals surface area contributed by atoms with Gasteiger partial charge in [0.2, 0.25) is 0 Å². The number of amides is 1. The molecule has 12 heteroatoms. The van der Waals surface area contributed by atoms with Crippen molar-refractivity contribution in [1.29, 1.82) is 0 Å². The number of carbonyl (C=O) groups is 2. The van der Waals surface area contributed by atoms with Gasteiger partial charge < -0.3 is 29.6 Å². The molecule has 11 nitrogen and oxygen atoms in total. The number of ether oxygens (including phenoxy) is 4. The van der Waals surface area contributed by atoms with E-state index in [1.54, 1.807) is 58.7 Å². The molecule has 0 saturated carbocycles. The predicted molar refractivity (Wildman–Crippen MR) is 141 cm³/mol. The van der Waals surface area contributed by atoms with Crippen molar-refractivity contribution in [3.63, 3.8) is 0 Å². The quantitative estimate of drug-likeness (QED) is 0.322. The first-order valence-electron chi connectivity index (χ1n) is 12.1. The first kappa shape index (κ1) is 29.2. The molecule has 2 heterocycles. The molecular weight excluding hydrogens is 509 g/mol. The van der Waals surface area contributed by atoms with Gasteiger partial charge in [-0.1, -0.05) is 10.7 Å². The highest BCUT2D eigenvalue weighted by atomic mass is 19.1. The van der Waals surface area contributed by atoms with Crippen LogP contribution >= 0.6 is 0 Å². The molecule has 39 heavy (non-hydrogen) atoms. The first-order chi connectivity index (χ1) is 18.2. The first-order valence-corrected chi connectivity index (χ1v) is 12.1. The summed E-state index contributed by atoms with van der Waals surface area (Å²) >= 11 is 0.